The summed E-state index contributed by atoms with van der Waals surface area (Å²) in [6.45, 7) is 5.49. The van der Waals surface area contributed by atoms with Crippen LogP contribution in [0.2, 0.25) is 0 Å². The molecule has 2 fully saturated rings. The summed E-state index contributed by atoms with van der Waals surface area (Å²) >= 11 is 0. The maximum absolute atomic E-state index is 12.6. The molecule has 0 spiro atoms. The van der Waals surface area contributed by atoms with E-state index >= 15 is 0 Å². The summed E-state index contributed by atoms with van der Waals surface area (Å²) in [6, 6.07) is 7.15. The van der Waals surface area contributed by atoms with E-state index in [4.69, 9.17) is 4.74 Å². The van der Waals surface area contributed by atoms with Crippen LogP contribution in [0.5, 0.6) is 5.75 Å². The van der Waals surface area contributed by atoms with E-state index in [9.17, 15) is 9.59 Å². The van der Waals surface area contributed by atoms with Crippen molar-refractivity contribution in [3.05, 3.63) is 47.3 Å². The molecule has 1 aromatic carbocycles. The number of carbonyl (C=O) groups is 2. The van der Waals surface area contributed by atoms with Crippen molar-refractivity contribution in [2.75, 3.05) is 13.1 Å². The first kappa shape index (κ1) is 20.4. The number of benzene rings is 1. The summed E-state index contributed by atoms with van der Waals surface area (Å²) < 4.78 is 7.88. The van der Waals surface area contributed by atoms with Crippen molar-refractivity contribution in [3.8, 4) is 5.75 Å². The summed E-state index contributed by atoms with van der Waals surface area (Å²) in [5.41, 5.74) is 2.65. The predicted molar refractivity (Wildman–Crippen MR) is 113 cm³/mol. The molecular formula is C23H30N4O3. The molecule has 30 heavy (non-hydrogen) atoms. The van der Waals surface area contributed by atoms with Gasteiger partial charge >= 0.3 is 0 Å². The number of amides is 2. The number of hydrogen-bond donors (Lipinski definition) is 1. The number of hydrogen-bond acceptors (Lipinski definition) is 4. The molecule has 1 atom stereocenters. The molecule has 2 aliphatic rings. The van der Waals surface area contributed by atoms with E-state index in [2.05, 4.69) is 10.4 Å². The Labute approximate surface area is 177 Å². The van der Waals surface area contributed by atoms with E-state index < -0.39 is 0 Å². The highest BCUT2D eigenvalue weighted by Crippen LogP contribution is 2.32. The van der Waals surface area contributed by atoms with Crippen LogP contribution in [-0.4, -0.2) is 45.7 Å². The first-order valence-corrected chi connectivity index (χ1v) is 10.8. The van der Waals surface area contributed by atoms with Crippen molar-refractivity contribution in [2.24, 2.45) is 13.0 Å². The van der Waals surface area contributed by atoms with Crippen molar-refractivity contribution >= 4 is 11.8 Å². The zero-order chi connectivity index (χ0) is 21.3. The van der Waals surface area contributed by atoms with Crippen LogP contribution in [0.1, 0.15) is 60.3 Å². The first-order valence-electron chi connectivity index (χ1n) is 10.8. The monoisotopic (exact) mass is 410 g/mol. The zero-order valence-electron chi connectivity index (χ0n) is 17.9. The van der Waals surface area contributed by atoms with Gasteiger partial charge in [0.05, 0.1) is 12.2 Å². The molecule has 2 aromatic rings. The van der Waals surface area contributed by atoms with Gasteiger partial charge in [0.2, 0.25) is 5.91 Å². The van der Waals surface area contributed by atoms with E-state index in [1.807, 2.05) is 37.9 Å². The second-order valence-corrected chi connectivity index (χ2v) is 8.45. The Hall–Kier alpha value is -2.83. The molecule has 160 valence electrons. The molecule has 2 amide bonds. The van der Waals surface area contributed by atoms with Crippen molar-refractivity contribution in [3.63, 3.8) is 0 Å². The third-order valence-electron chi connectivity index (χ3n) is 6.19. The van der Waals surface area contributed by atoms with Crippen LogP contribution in [0.15, 0.2) is 30.5 Å². The number of aromatic nitrogens is 2. The topological polar surface area (TPSA) is 76.5 Å². The Morgan fingerprint density at radius 2 is 1.80 bits per heavy atom. The Kier molecular flexibility index (Phi) is 5.79. The number of nitrogens with one attached hydrogen (secondary N) is 1. The molecule has 0 radical (unpaired) electrons. The van der Waals surface area contributed by atoms with Crippen LogP contribution in [-0.2, 0) is 11.8 Å². The maximum Gasteiger partial charge on any atom is 0.251 e. The fourth-order valence-corrected chi connectivity index (χ4v) is 3.96. The highest BCUT2D eigenvalue weighted by Gasteiger charge is 2.35. The number of rotatable bonds is 6. The van der Waals surface area contributed by atoms with E-state index in [0.717, 1.165) is 55.8 Å². The van der Waals surface area contributed by atoms with Crippen molar-refractivity contribution in [1.29, 1.82) is 0 Å². The SMILES string of the molecule is Cc1c([C@H](C)NC(=O)c2ccc(OC3CCN(C(=O)C4CC4)CC3)cc2)cnn1C. The van der Waals surface area contributed by atoms with E-state index in [-0.39, 0.29) is 24.0 Å². The largest absolute Gasteiger partial charge is 0.490 e. The van der Waals surface area contributed by atoms with Gasteiger partial charge in [-0.3, -0.25) is 14.3 Å². The Morgan fingerprint density at radius 1 is 1.13 bits per heavy atom. The molecule has 2 heterocycles. The Morgan fingerprint density at radius 3 is 2.37 bits per heavy atom. The summed E-state index contributed by atoms with van der Waals surface area (Å²) in [7, 11) is 1.89. The average molecular weight is 411 g/mol. The van der Waals surface area contributed by atoms with Crippen LogP contribution in [0.3, 0.4) is 0 Å². The standard InChI is InChI=1S/C23H30N4O3/c1-15(21-14-24-26(3)16(21)2)25-22(28)17-6-8-19(9-7-17)30-20-10-12-27(13-11-20)23(29)18-4-5-18/h6-9,14-15,18,20H,4-5,10-13H2,1-3H3,(H,25,28)/t15-/m0/s1. The van der Waals surface area contributed by atoms with Crippen molar-refractivity contribution in [2.45, 2.75) is 51.7 Å². The average Bonchev–Trinajstić information content (AvgIpc) is 3.54. The number of ether oxygens (including phenoxy) is 1. The summed E-state index contributed by atoms with van der Waals surface area (Å²) in [6.07, 6.45) is 5.71. The third kappa shape index (κ3) is 4.50. The van der Waals surface area contributed by atoms with Crippen LogP contribution >= 0.6 is 0 Å². The maximum atomic E-state index is 12.6. The van der Waals surface area contributed by atoms with E-state index in [1.54, 1.807) is 23.0 Å². The summed E-state index contributed by atoms with van der Waals surface area (Å²) in [5, 5.41) is 7.26. The van der Waals surface area contributed by atoms with Crippen LogP contribution < -0.4 is 10.1 Å². The van der Waals surface area contributed by atoms with Gasteiger partial charge in [0.25, 0.3) is 5.91 Å². The van der Waals surface area contributed by atoms with Crippen LogP contribution in [0.25, 0.3) is 0 Å². The minimum Gasteiger partial charge on any atom is -0.490 e. The van der Waals surface area contributed by atoms with Gasteiger partial charge in [-0.25, -0.2) is 0 Å². The molecule has 7 nitrogen and oxygen atoms in total. The van der Waals surface area contributed by atoms with Gasteiger partial charge in [-0.1, -0.05) is 0 Å². The molecule has 1 N–H and O–H groups in total. The first-order chi connectivity index (χ1) is 14.4. The lowest BCUT2D eigenvalue weighted by Gasteiger charge is -2.32. The lowest BCUT2D eigenvalue weighted by atomic mass is 10.1. The highest BCUT2D eigenvalue weighted by molar-refractivity contribution is 5.94. The minimum absolute atomic E-state index is 0.113. The van der Waals surface area contributed by atoms with Gasteiger partial charge in [0.15, 0.2) is 0 Å². The molecule has 0 unspecified atom stereocenters. The number of nitrogens with zero attached hydrogens (tertiary/aromatic N) is 3. The number of carbonyl (C=O) groups excluding carboxylic acids is 2. The summed E-state index contributed by atoms with van der Waals surface area (Å²) in [4.78, 5) is 26.7. The summed E-state index contributed by atoms with van der Waals surface area (Å²) in [5.74, 6) is 1.24. The molecule has 4 rings (SSSR count). The van der Waals surface area contributed by atoms with Crippen LogP contribution in [0, 0.1) is 12.8 Å². The lowest BCUT2D eigenvalue weighted by molar-refractivity contribution is -0.134. The molecule has 7 heteroatoms. The minimum atomic E-state index is -0.121. The second-order valence-electron chi connectivity index (χ2n) is 8.45. The van der Waals surface area contributed by atoms with Gasteiger partial charge in [0, 0.05) is 55.7 Å². The van der Waals surface area contributed by atoms with Crippen molar-refractivity contribution < 1.29 is 14.3 Å². The van der Waals surface area contributed by atoms with Gasteiger partial charge in [0.1, 0.15) is 11.9 Å². The molecule has 1 aliphatic heterocycles. The fraction of sp³-hybridized carbons (Fsp3) is 0.522. The smallest absolute Gasteiger partial charge is 0.251 e. The molecule has 1 aromatic heterocycles. The van der Waals surface area contributed by atoms with Gasteiger partial charge in [-0.2, -0.15) is 5.10 Å². The van der Waals surface area contributed by atoms with Crippen LogP contribution in [0.4, 0.5) is 0 Å². The fourth-order valence-electron chi connectivity index (χ4n) is 3.96. The third-order valence-corrected chi connectivity index (χ3v) is 6.19. The molecular weight excluding hydrogens is 380 g/mol. The number of likely N-dealkylation sites (tertiary alicyclic amines) is 1. The van der Waals surface area contributed by atoms with Gasteiger partial charge in [-0.15, -0.1) is 0 Å². The van der Waals surface area contributed by atoms with E-state index in [1.165, 1.54) is 0 Å². The molecule has 1 saturated heterocycles. The predicted octanol–water partition coefficient (Wildman–Crippen LogP) is 3.00. The van der Waals surface area contributed by atoms with Gasteiger partial charge in [-0.05, 0) is 51.0 Å². The number of aryl methyl sites for hydroxylation is 1. The Bertz CT molecular complexity index is 909. The quantitative estimate of drug-likeness (QED) is 0.794. The van der Waals surface area contributed by atoms with Gasteiger partial charge < -0.3 is 15.0 Å². The highest BCUT2D eigenvalue weighted by atomic mass is 16.5. The normalized spacial score (nSPS) is 18.2. The van der Waals surface area contributed by atoms with Crippen molar-refractivity contribution in [1.82, 2.24) is 20.0 Å². The van der Waals surface area contributed by atoms with E-state index in [0.29, 0.717) is 11.5 Å². The molecule has 1 saturated carbocycles. The molecule has 1 aliphatic carbocycles. The lowest BCUT2D eigenvalue weighted by Crippen LogP contribution is -2.42. The zero-order valence-corrected chi connectivity index (χ0v) is 17.9. The number of piperidine rings is 1. The second kappa shape index (κ2) is 8.50. The Balaban J connectivity index is 1.28. The molecule has 0 bridgehead atoms.